The minimum Gasteiger partial charge on any atom is -0.382 e. The monoisotopic (exact) mass is 322 g/mol. The molecular formula is C23H30O. The van der Waals surface area contributed by atoms with E-state index in [1.165, 1.54) is 5.56 Å². The Kier molecular flexibility index (Phi) is 16.8. The normalized spacial score (nSPS) is 8.29. The SMILES string of the molecule is CCOCC.Cc1ccccc1.c1ccccc1.c1ccccc1. The van der Waals surface area contributed by atoms with E-state index in [1.807, 2.05) is 105 Å². The summed E-state index contributed by atoms with van der Waals surface area (Å²) in [6, 6.07) is 34.3. The standard InChI is InChI=1S/C7H8.2C6H6.C4H10O/c1-7-5-3-2-4-6-7;2*1-2-4-6-5-3-1;1-3-5-4-2/h2-6H,1H3;2*1-6H;3-4H2,1-2H3. The van der Waals surface area contributed by atoms with E-state index in [9.17, 15) is 0 Å². The average molecular weight is 322 g/mol. The van der Waals surface area contributed by atoms with Crippen LogP contribution in [0, 0.1) is 6.92 Å². The Morgan fingerprint density at radius 1 is 0.500 bits per heavy atom. The van der Waals surface area contributed by atoms with Crippen LogP contribution in [0.15, 0.2) is 103 Å². The smallest absolute Gasteiger partial charge is 0.0437 e. The molecule has 0 aliphatic rings. The van der Waals surface area contributed by atoms with Crippen LogP contribution in [0.1, 0.15) is 19.4 Å². The van der Waals surface area contributed by atoms with Gasteiger partial charge in [0.15, 0.2) is 0 Å². The summed E-state index contributed by atoms with van der Waals surface area (Å²) in [6.07, 6.45) is 0. The fraction of sp³-hybridized carbons (Fsp3) is 0.217. The molecule has 0 spiro atoms. The van der Waals surface area contributed by atoms with Crippen molar-refractivity contribution in [2.45, 2.75) is 20.8 Å². The highest BCUT2D eigenvalue weighted by molar-refractivity contribution is 5.11. The third-order valence-corrected chi connectivity index (χ3v) is 2.68. The minimum atomic E-state index is 0.844. The highest BCUT2D eigenvalue weighted by Gasteiger charge is 1.72. The van der Waals surface area contributed by atoms with Gasteiger partial charge in [-0.3, -0.25) is 0 Å². The Labute approximate surface area is 148 Å². The summed E-state index contributed by atoms with van der Waals surface area (Å²) >= 11 is 0. The quantitative estimate of drug-likeness (QED) is 0.529. The lowest BCUT2D eigenvalue weighted by atomic mass is 10.2. The second kappa shape index (κ2) is 18.7. The zero-order valence-electron chi connectivity index (χ0n) is 15.1. The number of rotatable bonds is 2. The molecule has 0 aliphatic carbocycles. The lowest BCUT2D eigenvalue weighted by molar-refractivity contribution is 0.162. The maximum atomic E-state index is 4.83. The molecule has 3 aromatic carbocycles. The Morgan fingerprint density at radius 2 is 0.750 bits per heavy atom. The van der Waals surface area contributed by atoms with Crippen LogP contribution < -0.4 is 0 Å². The first-order chi connectivity index (χ1) is 11.8. The molecule has 0 unspecified atom stereocenters. The molecule has 0 aromatic heterocycles. The van der Waals surface area contributed by atoms with Crippen molar-refractivity contribution in [2.24, 2.45) is 0 Å². The molecule has 0 aliphatic heterocycles. The second-order valence-corrected chi connectivity index (χ2v) is 4.75. The number of aryl methyl sites for hydroxylation is 1. The molecular weight excluding hydrogens is 292 g/mol. The molecule has 0 heterocycles. The Bertz CT molecular complexity index is 448. The highest BCUT2D eigenvalue weighted by atomic mass is 16.5. The maximum Gasteiger partial charge on any atom is 0.0437 e. The summed E-state index contributed by atoms with van der Waals surface area (Å²) in [4.78, 5) is 0. The van der Waals surface area contributed by atoms with E-state index < -0.39 is 0 Å². The van der Waals surface area contributed by atoms with Crippen LogP contribution in [0.25, 0.3) is 0 Å². The summed E-state index contributed by atoms with van der Waals surface area (Å²) in [7, 11) is 0. The molecule has 24 heavy (non-hydrogen) atoms. The summed E-state index contributed by atoms with van der Waals surface area (Å²) in [6.45, 7) is 7.75. The van der Waals surface area contributed by atoms with Crippen LogP contribution in [-0.4, -0.2) is 13.2 Å². The molecule has 0 N–H and O–H groups in total. The van der Waals surface area contributed by atoms with Gasteiger partial charge in [-0.2, -0.15) is 0 Å². The molecule has 0 saturated heterocycles. The van der Waals surface area contributed by atoms with Crippen LogP contribution in [-0.2, 0) is 4.74 Å². The van der Waals surface area contributed by atoms with E-state index in [-0.39, 0.29) is 0 Å². The fourth-order valence-electron chi connectivity index (χ4n) is 1.51. The van der Waals surface area contributed by atoms with Gasteiger partial charge in [-0.15, -0.1) is 0 Å². The second-order valence-electron chi connectivity index (χ2n) is 4.75. The minimum absolute atomic E-state index is 0.844. The van der Waals surface area contributed by atoms with Crippen molar-refractivity contribution >= 4 is 0 Å². The van der Waals surface area contributed by atoms with E-state index in [0.717, 1.165) is 13.2 Å². The summed E-state index contributed by atoms with van der Waals surface area (Å²) in [5.74, 6) is 0. The number of benzene rings is 3. The third kappa shape index (κ3) is 17.7. The van der Waals surface area contributed by atoms with Crippen molar-refractivity contribution in [3.05, 3.63) is 109 Å². The van der Waals surface area contributed by atoms with Crippen molar-refractivity contribution in [1.82, 2.24) is 0 Å². The van der Waals surface area contributed by atoms with Gasteiger partial charge in [0.2, 0.25) is 0 Å². The van der Waals surface area contributed by atoms with Crippen LogP contribution in [0.5, 0.6) is 0 Å². The molecule has 128 valence electrons. The fourth-order valence-corrected chi connectivity index (χ4v) is 1.51. The van der Waals surface area contributed by atoms with Gasteiger partial charge in [0.1, 0.15) is 0 Å². The Morgan fingerprint density at radius 3 is 0.875 bits per heavy atom. The third-order valence-electron chi connectivity index (χ3n) is 2.68. The van der Waals surface area contributed by atoms with Gasteiger partial charge in [0, 0.05) is 13.2 Å². The number of hydrogen-bond acceptors (Lipinski definition) is 1. The number of hydrogen-bond donors (Lipinski definition) is 0. The van der Waals surface area contributed by atoms with Gasteiger partial charge in [-0.1, -0.05) is 109 Å². The molecule has 0 amide bonds. The van der Waals surface area contributed by atoms with Gasteiger partial charge in [-0.25, -0.2) is 0 Å². The highest BCUT2D eigenvalue weighted by Crippen LogP contribution is 1.92. The molecule has 0 bridgehead atoms. The Balaban J connectivity index is 0.000000296. The molecule has 3 rings (SSSR count). The summed E-state index contributed by atoms with van der Waals surface area (Å²) < 4.78 is 4.83. The van der Waals surface area contributed by atoms with Gasteiger partial charge < -0.3 is 4.74 Å². The van der Waals surface area contributed by atoms with Gasteiger partial charge in [0.25, 0.3) is 0 Å². The maximum absolute atomic E-state index is 4.83. The lowest BCUT2D eigenvalue weighted by Gasteiger charge is -1.86. The van der Waals surface area contributed by atoms with Gasteiger partial charge in [0.05, 0.1) is 0 Å². The first kappa shape index (κ1) is 21.6. The number of ether oxygens (including phenoxy) is 1. The first-order valence-electron chi connectivity index (χ1n) is 8.40. The van der Waals surface area contributed by atoms with Crippen molar-refractivity contribution in [3.63, 3.8) is 0 Å². The van der Waals surface area contributed by atoms with E-state index >= 15 is 0 Å². The zero-order chi connectivity index (χ0) is 17.7. The lowest BCUT2D eigenvalue weighted by Crippen LogP contribution is -1.84. The molecule has 0 radical (unpaired) electrons. The summed E-state index contributed by atoms with van der Waals surface area (Å²) in [5.41, 5.74) is 1.32. The van der Waals surface area contributed by atoms with Crippen LogP contribution in [0.4, 0.5) is 0 Å². The Hall–Kier alpha value is -2.38. The van der Waals surface area contributed by atoms with Gasteiger partial charge in [-0.05, 0) is 20.8 Å². The van der Waals surface area contributed by atoms with Crippen LogP contribution >= 0.6 is 0 Å². The van der Waals surface area contributed by atoms with Crippen molar-refractivity contribution in [2.75, 3.05) is 13.2 Å². The van der Waals surface area contributed by atoms with E-state index in [0.29, 0.717) is 0 Å². The molecule has 3 aromatic rings. The average Bonchev–Trinajstić information content (AvgIpc) is 2.67. The van der Waals surface area contributed by atoms with Crippen molar-refractivity contribution in [3.8, 4) is 0 Å². The largest absolute Gasteiger partial charge is 0.382 e. The predicted octanol–water partition coefficient (Wildman–Crippen LogP) is 6.41. The molecule has 0 fully saturated rings. The van der Waals surface area contributed by atoms with E-state index in [1.54, 1.807) is 0 Å². The van der Waals surface area contributed by atoms with E-state index in [2.05, 4.69) is 19.1 Å². The van der Waals surface area contributed by atoms with Gasteiger partial charge >= 0.3 is 0 Å². The molecule has 1 nitrogen and oxygen atoms in total. The van der Waals surface area contributed by atoms with Crippen LogP contribution in [0.3, 0.4) is 0 Å². The molecule has 1 heteroatoms. The predicted molar refractivity (Wildman–Crippen MR) is 106 cm³/mol. The zero-order valence-corrected chi connectivity index (χ0v) is 15.1. The molecule has 0 atom stereocenters. The molecule has 0 saturated carbocycles. The summed E-state index contributed by atoms with van der Waals surface area (Å²) in [5, 5.41) is 0. The van der Waals surface area contributed by atoms with Crippen molar-refractivity contribution < 1.29 is 4.74 Å². The van der Waals surface area contributed by atoms with Crippen LogP contribution in [0.2, 0.25) is 0 Å². The first-order valence-corrected chi connectivity index (χ1v) is 8.40. The topological polar surface area (TPSA) is 9.23 Å². The van der Waals surface area contributed by atoms with E-state index in [4.69, 9.17) is 4.74 Å². The van der Waals surface area contributed by atoms with Crippen molar-refractivity contribution in [1.29, 1.82) is 0 Å².